The van der Waals surface area contributed by atoms with Crippen LogP contribution in [-0.4, -0.2) is 57.0 Å². The number of ether oxygens (including phenoxy) is 1. The van der Waals surface area contributed by atoms with Crippen LogP contribution in [0.15, 0.2) is 6.07 Å². The van der Waals surface area contributed by atoms with Crippen molar-refractivity contribution in [3.63, 3.8) is 0 Å². The van der Waals surface area contributed by atoms with Gasteiger partial charge in [-0.1, -0.05) is 11.6 Å². The summed E-state index contributed by atoms with van der Waals surface area (Å²) in [6.07, 6.45) is 1.50. The molecule has 10 heteroatoms. The predicted octanol–water partition coefficient (Wildman–Crippen LogP) is 1.35. The van der Waals surface area contributed by atoms with Crippen molar-refractivity contribution in [2.45, 2.75) is 12.5 Å². The standard InChI is InChI=1S/C11H15Cl2N3O4S/c1-21(17,18)20-4-2-8-7-19-5-3-16(8)10-6-9(12)14-11(13)15-10/h6,8H,2-5,7H2,1H3/t8-/m1/s1. The summed E-state index contributed by atoms with van der Waals surface area (Å²) in [5.74, 6) is 0.590. The molecule has 21 heavy (non-hydrogen) atoms. The van der Waals surface area contributed by atoms with E-state index in [4.69, 9.17) is 32.1 Å². The lowest BCUT2D eigenvalue weighted by Gasteiger charge is -2.36. The maximum absolute atomic E-state index is 11.0. The van der Waals surface area contributed by atoms with Crippen LogP contribution in [0.3, 0.4) is 0 Å². The van der Waals surface area contributed by atoms with Crippen molar-refractivity contribution < 1.29 is 17.3 Å². The summed E-state index contributed by atoms with van der Waals surface area (Å²) in [5, 5.41) is 0.317. The molecule has 0 spiro atoms. The summed E-state index contributed by atoms with van der Waals surface area (Å²) in [6.45, 7) is 1.68. The Kier molecular flexibility index (Phi) is 5.61. The second-order valence-electron chi connectivity index (χ2n) is 4.55. The van der Waals surface area contributed by atoms with Gasteiger partial charge in [-0.2, -0.15) is 8.42 Å². The molecule has 118 valence electrons. The Balaban J connectivity index is 2.07. The van der Waals surface area contributed by atoms with Crippen LogP contribution in [0.1, 0.15) is 6.42 Å². The molecule has 0 radical (unpaired) electrons. The zero-order chi connectivity index (χ0) is 15.5. The fraction of sp³-hybridized carbons (Fsp3) is 0.636. The molecular formula is C11H15Cl2N3O4S. The Labute approximate surface area is 133 Å². The lowest BCUT2D eigenvalue weighted by molar-refractivity contribution is 0.0864. The summed E-state index contributed by atoms with van der Waals surface area (Å²) in [5.41, 5.74) is 0. The van der Waals surface area contributed by atoms with Crippen molar-refractivity contribution in [2.75, 3.05) is 37.5 Å². The van der Waals surface area contributed by atoms with E-state index in [0.717, 1.165) is 6.26 Å². The van der Waals surface area contributed by atoms with Gasteiger partial charge in [0.2, 0.25) is 5.28 Å². The van der Waals surface area contributed by atoms with Gasteiger partial charge in [0, 0.05) is 12.6 Å². The summed E-state index contributed by atoms with van der Waals surface area (Å²) in [4.78, 5) is 9.92. The number of morpholine rings is 1. The Bertz CT molecular complexity index is 579. The average molecular weight is 356 g/mol. The molecule has 0 saturated carbocycles. The zero-order valence-electron chi connectivity index (χ0n) is 11.3. The molecule has 0 aliphatic carbocycles. The van der Waals surface area contributed by atoms with Gasteiger partial charge in [-0.05, 0) is 18.0 Å². The van der Waals surface area contributed by atoms with Gasteiger partial charge in [-0.25, -0.2) is 9.97 Å². The quantitative estimate of drug-likeness (QED) is 0.448. The first-order chi connectivity index (χ1) is 9.85. The van der Waals surface area contributed by atoms with Gasteiger partial charge >= 0.3 is 0 Å². The van der Waals surface area contributed by atoms with Crippen LogP contribution in [-0.2, 0) is 19.0 Å². The normalized spacial score (nSPS) is 19.8. The van der Waals surface area contributed by atoms with Gasteiger partial charge in [0.15, 0.2) is 0 Å². The first-order valence-corrected chi connectivity index (χ1v) is 8.81. The van der Waals surface area contributed by atoms with E-state index in [9.17, 15) is 8.42 Å². The molecular weight excluding hydrogens is 341 g/mol. The molecule has 0 unspecified atom stereocenters. The number of rotatable bonds is 5. The highest BCUT2D eigenvalue weighted by atomic mass is 35.5. The monoisotopic (exact) mass is 355 g/mol. The molecule has 1 aromatic heterocycles. The second-order valence-corrected chi connectivity index (χ2v) is 6.92. The highest BCUT2D eigenvalue weighted by Crippen LogP contribution is 2.23. The number of nitrogens with zero attached hydrogens (tertiary/aromatic N) is 3. The molecule has 1 saturated heterocycles. The SMILES string of the molecule is CS(=O)(=O)OCC[C@@H]1COCCN1c1cc(Cl)nc(Cl)n1. The third-order valence-electron chi connectivity index (χ3n) is 2.92. The third kappa shape index (κ3) is 5.23. The Morgan fingerprint density at radius 1 is 1.48 bits per heavy atom. The molecule has 1 aromatic rings. The summed E-state index contributed by atoms with van der Waals surface area (Å²) >= 11 is 11.7. The molecule has 0 aromatic carbocycles. The van der Waals surface area contributed by atoms with Gasteiger partial charge in [0.25, 0.3) is 10.1 Å². The van der Waals surface area contributed by atoms with E-state index in [2.05, 4.69) is 9.97 Å². The number of anilines is 1. The smallest absolute Gasteiger partial charge is 0.264 e. The molecule has 1 aliphatic rings. The first kappa shape index (κ1) is 16.7. The van der Waals surface area contributed by atoms with E-state index in [-0.39, 0.29) is 23.1 Å². The van der Waals surface area contributed by atoms with Gasteiger partial charge in [0.05, 0.1) is 32.1 Å². The van der Waals surface area contributed by atoms with Crippen molar-refractivity contribution in [2.24, 2.45) is 0 Å². The second kappa shape index (κ2) is 7.06. The van der Waals surface area contributed by atoms with E-state index in [1.165, 1.54) is 0 Å². The lowest BCUT2D eigenvalue weighted by Crippen LogP contribution is -2.46. The van der Waals surface area contributed by atoms with Crippen LogP contribution in [0.2, 0.25) is 10.4 Å². The van der Waals surface area contributed by atoms with Crippen LogP contribution in [0, 0.1) is 0 Å². The van der Waals surface area contributed by atoms with Crippen molar-refractivity contribution in [1.29, 1.82) is 0 Å². The maximum atomic E-state index is 11.0. The van der Waals surface area contributed by atoms with Gasteiger partial charge in [0.1, 0.15) is 11.0 Å². The molecule has 7 nitrogen and oxygen atoms in total. The number of aromatic nitrogens is 2. The maximum Gasteiger partial charge on any atom is 0.264 e. The Morgan fingerprint density at radius 3 is 2.90 bits per heavy atom. The molecule has 1 fully saturated rings. The van der Waals surface area contributed by atoms with Gasteiger partial charge in [-0.3, -0.25) is 4.18 Å². The van der Waals surface area contributed by atoms with E-state index < -0.39 is 10.1 Å². The van der Waals surface area contributed by atoms with Crippen molar-refractivity contribution in [3.8, 4) is 0 Å². The predicted molar refractivity (Wildman–Crippen MR) is 79.4 cm³/mol. The van der Waals surface area contributed by atoms with Crippen LogP contribution in [0.25, 0.3) is 0 Å². The average Bonchev–Trinajstić information content (AvgIpc) is 2.36. The number of hydrogen-bond acceptors (Lipinski definition) is 7. The zero-order valence-corrected chi connectivity index (χ0v) is 13.7. The van der Waals surface area contributed by atoms with E-state index >= 15 is 0 Å². The first-order valence-electron chi connectivity index (χ1n) is 6.24. The fourth-order valence-electron chi connectivity index (χ4n) is 2.06. The van der Waals surface area contributed by atoms with E-state index in [0.29, 0.717) is 32.0 Å². The van der Waals surface area contributed by atoms with Crippen molar-refractivity contribution in [3.05, 3.63) is 16.5 Å². The molecule has 2 rings (SSSR count). The third-order valence-corrected chi connectivity index (χ3v) is 3.88. The van der Waals surface area contributed by atoms with Crippen LogP contribution >= 0.6 is 23.2 Å². The Hall–Kier alpha value is -0.670. The fourth-order valence-corrected chi connectivity index (χ4v) is 2.85. The van der Waals surface area contributed by atoms with E-state index in [1.54, 1.807) is 6.07 Å². The largest absolute Gasteiger partial charge is 0.377 e. The number of hydrogen-bond donors (Lipinski definition) is 0. The highest BCUT2D eigenvalue weighted by Gasteiger charge is 2.25. The van der Waals surface area contributed by atoms with Crippen molar-refractivity contribution in [1.82, 2.24) is 9.97 Å². The minimum Gasteiger partial charge on any atom is -0.377 e. The highest BCUT2D eigenvalue weighted by molar-refractivity contribution is 7.85. The summed E-state index contributed by atoms with van der Waals surface area (Å²) in [6, 6.07) is 1.55. The molecule has 0 N–H and O–H groups in total. The van der Waals surface area contributed by atoms with Crippen LogP contribution in [0.5, 0.6) is 0 Å². The Morgan fingerprint density at radius 2 is 2.24 bits per heavy atom. The van der Waals surface area contributed by atoms with Crippen LogP contribution in [0.4, 0.5) is 5.82 Å². The molecule has 0 amide bonds. The topological polar surface area (TPSA) is 81.6 Å². The van der Waals surface area contributed by atoms with E-state index in [1.807, 2.05) is 4.90 Å². The van der Waals surface area contributed by atoms with Crippen molar-refractivity contribution >= 4 is 39.1 Å². The number of halogens is 2. The van der Waals surface area contributed by atoms with Gasteiger partial charge < -0.3 is 9.64 Å². The van der Waals surface area contributed by atoms with Gasteiger partial charge in [-0.15, -0.1) is 0 Å². The minimum atomic E-state index is -3.45. The molecule has 1 atom stereocenters. The summed E-state index contributed by atoms with van der Waals surface area (Å²) < 4.78 is 32.2. The summed E-state index contributed by atoms with van der Waals surface area (Å²) in [7, 11) is -3.45. The molecule has 2 heterocycles. The lowest BCUT2D eigenvalue weighted by atomic mass is 10.1. The minimum absolute atomic E-state index is 0.0649. The molecule has 1 aliphatic heterocycles. The van der Waals surface area contributed by atoms with Crippen LogP contribution < -0.4 is 4.90 Å². The molecule has 0 bridgehead atoms.